The number of carbonyl (C=O) groups excluding carboxylic acids is 3. The SMILES string of the molecule is COCCOC(=O)CC1C(=O)NCCN1C(=O)c1ccc(C(C)C)cc1. The third kappa shape index (κ3) is 5.05. The van der Waals surface area contributed by atoms with Gasteiger partial charge < -0.3 is 19.7 Å². The van der Waals surface area contributed by atoms with Gasteiger partial charge in [0.15, 0.2) is 0 Å². The quantitative estimate of drug-likeness (QED) is 0.584. The first-order chi connectivity index (χ1) is 12.4. The van der Waals surface area contributed by atoms with Crippen LogP contribution in [0.2, 0.25) is 0 Å². The average molecular weight is 362 g/mol. The van der Waals surface area contributed by atoms with Gasteiger partial charge in [0.25, 0.3) is 5.91 Å². The number of benzene rings is 1. The Hall–Kier alpha value is -2.41. The molecule has 0 saturated carbocycles. The van der Waals surface area contributed by atoms with Gasteiger partial charge in [0.2, 0.25) is 5.91 Å². The lowest BCUT2D eigenvalue weighted by Crippen LogP contribution is -2.57. The predicted octanol–water partition coefficient (Wildman–Crippen LogP) is 1.33. The lowest BCUT2D eigenvalue weighted by Gasteiger charge is -2.34. The summed E-state index contributed by atoms with van der Waals surface area (Å²) in [6.45, 7) is 5.28. The van der Waals surface area contributed by atoms with Crippen molar-refractivity contribution in [3.8, 4) is 0 Å². The van der Waals surface area contributed by atoms with Gasteiger partial charge in [-0.15, -0.1) is 0 Å². The Kier molecular flexibility index (Phi) is 7.15. The van der Waals surface area contributed by atoms with Crippen LogP contribution in [-0.2, 0) is 19.1 Å². The van der Waals surface area contributed by atoms with Crippen LogP contribution in [0.3, 0.4) is 0 Å². The minimum atomic E-state index is -0.865. The minimum Gasteiger partial charge on any atom is -0.463 e. The van der Waals surface area contributed by atoms with Crippen molar-refractivity contribution in [2.24, 2.45) is 0 Å². The lowest BCUT2D eigenvalue weighted by atomic mass is 10.0. The largest absolute Gasteiger partial charge is 0.463 e. The number of ether oxygens (including phenoxy) is 2. The molecule has 2 rings (SSSR count). The fourth-order valence-electron chi connectivity index (χ4n) is 2.79. The predicted molar refractivity (Wildman–Crippen MR) is 95.8 cm³/mol. The first-order valence-electron chi connectivity index (χ1n) is 8.77. The second kappa shape index (κ2) is 9.33. The Morgan fingerprint density at radius 3 is 2.54 bits per heavy atom. The molecule has 0 aromatic heterocycles. The van der Waals surface area contributed by atoms with Crippen molar-refractivity contribution < 1.29 is 23.9 Å². The maximum Gasteiger partial charge on any atom is 0.308 e. The molecule has 0 bridgehead atoms. The zero-order valence-corrected chi connectivity index (χ0v) is 15.5. The Balaban J connectivity index is 2.09. The number of methoxy groups -OCH3 is 1. The second-order valence-electron chi connectivity index (χ2n) is 6.50. The molecule has 142 valence electrons. The van der Waals surface area contributed by atoms with Crippen LogP contribution >= 0.6 is 0 Å². The Morgan fingerprint density at radius 2 is 1.92 bits per heavy atom. The molecule has 1 atom stereocenters. The maximum absolute atomic E-state index is 12.9. The summed E-state index contributed by atoms with van der Waals surface area (Å²) in [5.41, 5.74) is 1.64. The molecule has 1 saturated heterocycles. The molecule has 1 heterocycles. The van der Waals surface area contributed by atoms with E-state index in [0.29, 0.717) is 24.6 Å². The molecule has 7 nitrogen and oxygen atoms in total. The first-order valence-corrected chi connectivity index (χ1v) is 8.77. The van der Waals surface area contributed by atoms with Crippen LogP contribution in [0, 0.1) is 0 Å². The highest BCUT2D eigenvalue weighted by atomic mass is 16.6. The molecule has 1 aromatic rings. The van der Waals surface area contributed by atoms with Gasteiger partial charge in [-0.05, 0) is 23.6 Å². The number of piperazine rings is 1. The average Bonchev–Trinajstić information content (AvgIpc) is 2.63. The third-order valence-corrected chi connectivity index (χ3v) is 4.33. The topological polar surface area (TPSA) is 84.9 Å². The van der Waals surface area contributed by atoms with E-state index in [0.717, 1.165) is 5.56 Å². The lowest BCUT2D eigenvalue weighted by molar-refractivity contribution is -0.148. The highest BCUT2D eigenvalue weighted by Gasteiger charge is 2.35. The number of nitrogens with zero attached hydrogens (tertiary/aromatic N) is 1. The van der Waals surface area contributed by atoms with Crippen molar-refractivity contribution in [3.63, 3.8) is 0 Å². The van der Waals surface area contributed by atoms with E-state index in [2.05, 4.69) is 19.2 Å². The molecule has 26 heavy (non-hydrogen) atoms. The summed E-state index contributed by atoms with van der Waals surface area (Å²) in [5.74, 6) is -0.761. The fraction of sp³-hybridized carbons (Fsp3) is 0.526. The molecule has 1 N–H and O–H groups in total. The van der Waals surface area contributed by atoms with Gasteiger partial charge in [-0.25, -0.2) is 0 Å². The second-order valence-corrected chi connectivity index (χ2v) is 6.50. The van der Waals surface area contributed by atoms with Gasteiger partial charge in [-0.2, -0.15) is 0 Å². The molecule has 0 aliphatic carbocycles. The molecular formula is C19H26N2O5. The summed E-state index contributed by atoms with van der Waals surface area (Å²) in [5, 5.41) is 2.70. The maximum atomic E-state index is 12.9. The van der Waals surface area contributed by atoms with Gasteiger partial charge >= 0.3 is 5.97 Å². The fourth-order valence-corrected chi connectivity index (χ4v) is 2.79. The molecule has 1 aromatic carbocycles. The zero-order valence-electron chi connectivity index (χ0n) is 15.5. The number of nitrogens with one attached hydrogen (secondary N) is 1. The molecule has 1 unspecified atom stereocenters. The van der Waals surface area contributed by atoms with Crippen LogP contribution in [0.15, 0.2) is 24.3 Å². The Morgan fingerprint density at radius 1 is 1.23 bits per heavy atom. The summed E-state index contributed by atoms with van der Waals surface area (Å²) in [6.07, 6.45) is -0.175. The summed E-state index contributed by atoms with van der Waals surface area (Å²) >= 11 is 0. The number of hydrogen-bond donors (Lipinski definition) is 1. The van der Waals surface area contributed by atoms with Crippen LogP contribution in [0.1, 0.15) is 42.1 Å². The zero-order chi connectivity index (χ0) is 19.1. The normalized spacial score (nSPS) is 17.2. The molecule has 1 fully saturated rings. The van der Waals surface area contributed by atoms with E-state index in [4.69, 9.17) is 9.47 Å². The van der Waals surface area contributed by atoms with Crippen LogP contribution in [0.5, 0.6) is 0 Å². The molecule has 7 heteroatoms. The van der Waals surface area contributed by atoms with Crippen molar-refractivity contribution in [1.29, 1.82) is 0 Å². The molecule has 0 radical (unpaired) electrons. The molecule has 2 amide bonds. The minimum absolute atomic E-state index is 0.119. The Bertz CT molecular complexity index is 642. The van der Waals surface area contributed by atoms with Crippen LogP contribution in [0.4, 0.5) is 0 Å². The van der Waals surface area contributed by atoms with Crippen molar-refractivity contribution in [2.75, 3.05) is 33.4 Å². The standard InChI is InChI=1S/C19H26N2O5/c1-13(2)14-4-6-15(7-5-14)19(24)21-9-8-20-18(23)16(21)12-17(22)26-11-10-25-3/h4-7,13,16H,8-12H2,1-3H3,(H,20,23). The van der Waals surface area contributed by atoms with E-state index in [-0.39, 0.29) is 31.4 Å². The highest BCUT2D eigenvalue weighted by molar-refractivity contribution is 5.99. The third-order valence-electron chi connectivity index (χ3n) is 4.33. The Labute approximate surface area is 153 Å². The summed E-state index contributed by atoms with van der Waals surface area (Å²) in [4.78, 5) is 38.5. The number of carbonyl (C=O) groups is 3. The van der Waals surface area contributed by atoms with E-state index in [9.17, 15) is 14.4 Å². The van der Waals surface area contributed by atoms with Crippen molar-refractivity contribution in [1.82, 2.24) is 10.2 Å². The van der Waals surface area contributed by atoms with Crippen molar-refractivity contribution in [2.45, 2.75) is 32.2 Å². The molecule has 1 aliphatic heterocycles. The molecular weight excluding hydrogens is 336 g/mol. The van der Waals surface area contributed by atoms with E-state index in [1.165, 1.54) is 12.0 Å². The number of esters is 1. The monoisotopic (exact) mass is 362 g/mol. The number of hydrogen-bond acceptors (Lipinski definition) is 5. The summed E-state index contributed by atoms with van der Waals surface area (Å²) < 4.78 is 9.85. The van der Waals surface area contributed by atoms with E-state index < -0.39 is 12.0 Å². The van der Waals surface area contributed by atoms with Crippen molar-refractivity contribution >= 4 is 17.8 Å². The van der Waals surface area contributed by atoms with Crippen LogP contribution in [0.25, 0.3) is 0 Å². The van der Waals surface area contributed by atoms with Gasteiger partial charge in [0.05, 0.1) is 13.0 Å². The van der Waals surface area contributed by atoms with Gasteiger partial charge in [-0.3, -0.25) is 14.4 Å². The summed E-state index contributed by atoms with van der Waals surface area (Å²) in [6, 6.07) is 6.48. The smallest absolute Gasteiger partial charge is 0.308 e. The number of rotatable bonds is 7. The molecule has 1 aliphatic rings. The van der Waals surface area contributed by atoms with E-state index in [1.807, 2.05) is 12.1 Å². The van der Waals surface area contributed by atoms with Gasteiger partial charge in [-0.1, -0.05) is 26.0 Å². The number of amides is 2. The summed E-state index contributed by atoms with van der Waals surface area (Å²) in [7, 11) is 1.51. The molecule has 0 spiro atoms. The van der Waals surface area contributed by atoms with Crippen LogP contribution < -0.4 is 5.32 Å². The first kappa shape index (κ1) is 19.9. The van der Waals surface area contributed by atoms with Crippen molar-refractivity contribution in [3.05, 3.63) is 35.4 Å². The van der Waals surface area contributed by atoms with Crippen LogP contribution in [-0.4, -0.2) is 62.1 Å². The van der Waals surface area contributed by atoms with E-state index in [1.54, 1.807) is 12.1 Å². The van der Waals surface area contributed by atoms with Gasteiger partial charge in [0.1, 0.15) is 12.6 Å². The highest BCUT2D eigenvalue weighted by Crippen LogP contribution is 2.18. The van der Waals surface area contributed by atoms with Gasteiger partial charge in [0, 0.05) is 25.8 Å². The van der Waals surface area contributed by atoms with E-state index >= 15 is 0 Å².